The summed E-state index contributed by atoms with van der Waals surface area (Å²) in [6.07, 6.45) is -0.684. The van der Waals surface area contributed by atoms with Crippen LogP contribution in [0.1, 0.15) is 6.92 Å². The van der Waals surface area contributed by atoms with E-state index >= 15 is 0 Å². The van der Waals surface area contributed by atoms with E-state index < -0.39 is 16.1 Å². The van der Waals surface area contributed by atoms with Crippen LogP contribution in [0, 0.1) is 0 Å². The zero-order chi connectivity index (χ0) is 21.8. The Hall–Kier alpha value is -2.98. The summed E-state index contributed by atoms with van der Waals surface area (Å²) in [6, 6.07) is 10.8. The number of hydrogen-bond acceptors (Lipinski definition) is 7. The summed E-state index contributed by atoms with van der Waals surface area (Å²) in [5.74, 6) is 1.36. The second-order valence-electron chi connectivity index (χ2n) is 7.13. The molecule has 0 bridgehead atoms. The predicted molar refractivity (Wildman–Crippen MR) is 112 cm³/mol. The van der Waals surface area contributed by atoms with E-state index in [2.05, 4.69) is 4.72 Å². The lowest BCUT2D eigenvalue weighted by Crippen LogP contribution is -2.46. The van der Waals surface area contributed by atoms with Gasteiger partial charge in [0.25, 0.3) is 15.9 Å². The lowest BCUT2D eigenvalue weighted by atomic mass is 10.3. The number of carbonyl (C=O) groups is 1. The molecule has 166 valence electrons. The van der Waals surface area contributed by atoms with Crippen molar-refractivity contribution in [1.82, 2.24) is 4.90 Å². The topological polar surface area (TPSA) is 103 Å². The van der Waals surface area contributed by atoms with Gasteiger partial charge in [-0.15, -0.1) is 0 Å². The Kier molecular flexibility index (Phi) is 6.19. The smallest absolute Gasteiger partial charge is 0.263 e. The van der Waals surface area contributed by atoms with Crippen LogP contribution in [0.4, 0.5) is 5.69 Å². The highest BCUT2D eigenvalue weighted by Crippen LogP contribution is 2.33. The Morgan fingerprint density at radius 2 is 1.68 bits per heavy atom. The van der Waals surface area contributed by atoms with Gasteiger partial charge >= 0.3 is 0 Å². The normalized spacial score (nSPS) is 17.0. The molecule has 1 N–H and O–H groups in total. The summed E-state index contributed by atoms with van der Waals surface area (Å²) in [6.45, 7) is 4.65. The van der Waals surface area contributed by atoms with Crippen LogP contribution < -0.4 is 18.9 Å². The Morgan fingerprint density at radius 1 is 1.00 bits per heavy atom. The zero-order valence-electron chi connectivity index (χ0n) is 17.1. The fourth-order valence-electron chi connectivity index (χ4n) is 3.31. The van der Waals surface area contributed by atoms with Gasteiger partial charge in [0, 0.05) is 19.2 Å². The van der Waals surface area contributed by atoms with Crippen LogP contribution in [0.3, 0.4) is 0 Å². The molecule has 2 aliphatic heterocycles. The molecule has 0 aromatic heterocycles. The maximum Gasteiger partial charge on any atom is 0.263 e. The van der Waals surface area contributed by atoms with Crippen LogP contribution in [0.25, 0.3) is 0 Å². The van der Waals surface area contributed by atoms with Crippen molar-refractivity contribution >= 4 is 21.6 Å². The predicted octanol–water partition coefficient (Wildman–Crippen LogP) is 1.88. The molecular weight excluding hydrogens is 424 g/mol. The van der Waals surface area contributed by atoms with Gasteiger partial charge in [0.2, 0.25) is 0 Å². The minimum absolute atomic E-state index is 0.0712. The molecule has 4 rings (SSSR count). The fourth-order valence-corrected chi connectivity index (χ4v) is 4.36. The minimum atomic E-state index is -3.81. The molecule has 31 heavy (non-hydrogen) atoms. The minimum Gasteiger partial charge on any atom is -0.486 e. The van der Waals surface area contributed by atoms with Gasteiger partial charge in [0.05, 0.1) is 23.8 Å². The molecule has 0 radical (unpaired) electrons. The Morgan fingerprint density at radius 3 is 2.39 bits per heavy atom. The number of hydrogen-bond donors (Lipinski definition) is 1. The summed E-state index contributed by atoms with van der Waals surface area (Å²) in [7, 11) is -3.81. The maximum absolute atomic E-state index is 12.7. The second-order valence-corrected chi connectivity index (χ2v) is 8.82. The fraction of sp³-hybridized carbons (Fsp3) is 0.381. The zero-order valence-corrected chi connectivity index (χ0v) is 17.9. The lowest BCUT2D eigenvalue weighted by Gasteiger charge is -2.29. The average molecular weight is 448 g/mol. The molecular formula is C21H24N2O7S. The quantitative estimate of drug-likeness (QED) is 0.720. The molecule has 1 fully saturated rings. The number of rotatable bonds is 6. The highest BCUT2D eigenvalue weighted by molar-refractivity contribution is 7.92. The maximum atomic E-state index is 12.7. The number of anilines is 1. The summed E-state index contributed by atoms with van der Waals surface area (Å²) in [5.41, 5.74) is 0.370. The number of ether oxygens (including phenoxy) is 4. The van der Waals surface area contributed by atoms with Crippen molar-refractivity contribution in [3.63, 3.8) is 0 Å². The van der Waals surface area contributed by atoms with E-state index in [1.54, 1.807) is 30.0 Å². The van der Waals surface area contributed by atoms with Crippen LogP contribution in [0.5, 0.6) is 17.2 Å². The van der Waals surface area contributed by atoms with Gasteiger partial charge in [-0.3, -0.25) is 9.52 Å². The molecule has 2 aliphatic rings. The first-order valence-corrected chi connectivity index (χ1v) is 11.5. The van der Waals surface area contributed by atoms with Crippen molar-refractivity contribution in [2.24, 2.45) is 0 Å². The number of fused-ring (bicyclic) bond motifs is 1. The number of carbonyl (C=O) groups excluding carboxylic acids is 1. The number of amides is 1. The molecule has 2 heterocycles. The van der Waals surface area contributed by atoms with E-state index in [0.717, 1.165) is 0 Å². The van der Waals surface area contributed by atoms with Crippen molar-refractivity contribution in [3.05, 3.63) is 42.5 Å². The molecule has 0 saturated carbocycles. The molecule has 10 heteroatoms. The molecule has 0 aliphatic carbocycles. The molecule has 1 saturated heterocycles. The highest BCUT2D eigenvalue weighted by Gasteiger charge is 2.24. The van der Waals surface area contributed by atoms with Crippen molar-refractivity contribution in [1.29, 1.82) is 0 Å². The molecule has 1 atom stereocenters. The van der Waals surface area contributed by atoms with E-state index in [1.807, 2.05) is 0 Å². The van der Waals surface area contributed by atoms with E-state index in [1.165, 1.54) is 24.3 Å². The summed E-state index contributed by atoms with van der Waals surface area (Å²) in [4.78, 5) is 14.2. The van der Waals surface area contributed by atoms with E-state index in [0.29, 0.717) is 62.5 Å². The second kappa shape index (κ2) is 9.03. The summed E-state index contributed by atoms with van der Waals surface area (Å²) in [5, 5.41) is 0. The van der Waals surface area contributed by atoms with Crippen LogP contribution in [0.2, 0.25) is 0 Å². The number of nitrogens with zero attached hydrogens (tertiary/aromatic N) is 1. The van der Waals surface area contributed by atoms with Crippen molar-refractivity contribution < 1.29 is 32.2 Å². The third-order valence-corrected chi connectivity index (χ3v) is 6.31. The van der Waals surface area contributed by atoms with Crippen molar-refractivity contribution in [2.75, 3.05) is 44.2 Å². The van der Waals surface area contributed by atoms with Gasteiger partial charge < -0.3 is 23.8 Å². The first-order chi connectivity index (χ1) is 14.9. The van der Waals surface area contributed by atoms with Gasteiger partial charge in [0.1, 0.15) is 19.0 Å². The van der Waals surface area contributed by atoms with Crippen LogP contribution in [-0.4, -0.2) is 64.8 Å². The molecule has 2 aromatic rings. The Bertz CT molecular complexity index is 1030. The highest BCUT2D eigenvalue weighted by atomic mass is 32.2. The molecule has 0 unspecified atom stereocenters. The number of sulfonamides is 1. The lowest BCUT2D eigenvalue weighted by molar-refractivity contribution is -0.142. The van der Waals surface area contributed by atoms with E-state index in [4.69, 9.17) is 18.9 Å². The van der Waals surface area contributed by atoms with E-state index in [9.17, 15) is 13.2 Å². The number of nitrogens with one attached hydrogen (secondary N) is 1. The van der Waals surface area contributed by atoms with Gasteiger partial charge in [-0.05, 0) is 43.3 Å². The van der Waals surface area contributed by atoms with Crippen LogP contribution in [-0.2, 0) is 19.6 Å². The standard InChI is InChI=1S/C21H24N2O7S/c1-15(21(24)23-8-10-27-11-9-23)30-17-3-5-18(6-4-17)31(25,26)22-16-2-7-19-20(14-16)29-13-12-28-19/h2-7,14-15,22H,8-13H2,1H3/t15-/m0/s1. The Labute approximate surface area is 180 Å². The molecule has 1 amide bonds. The Balaban J connectivity index is 1.40. The number of morpholine rings is 1. The SMILES string of the molecule is C[C@H](Oc1ccc(S(=O)(=O)Nc2ccc3c(c2)OCCO3)cc1)C(=O)N1CCOCC1. The first kappa shape index (κ1) is 21.3. The van der Waals surface area contributed by atoms with Crippen molar-refractivity contribution in [3.8, 4) is 17.2 Å². The van der Waals surface area contributed by atoms with Crippen LogP contribution in [0.15, 0.2) is 47.4 Å². The van der Waals surface area contributed by atoms with Crippen molar-refractivity contribution in [2.45, 2.75) is 17.9 Å². The van der Waals surface area contributed by atoms with Gasteiger partial charge in [-0.2, -0.15) is 0 Å². The summed E-state index contributed by atoms with van der Waals surface area (Å²) >= 11 is 0. The largest absolute Gasteiger partial charge is 0.486 e. The third kappa shape index (κ3) is 5.02. The van der Waals surface area contributed by atoms with Gasteiger partial charge in [-0.25, -0.2) is 8.42 Å². The van der Waals surface area contributed by atoms with Gasteiger partial charge in [0.15, 0.2) is 17.6 Å². The molecule has 2 aromatic carbocycles. The molecule has 9 nitrogen and oxygen atoms in total. The van der Waals surface area contributed by atoms with E-state index in [-0.39, 0.29) is 10.8 Å². The summed E-state index contributed by atoms with van der Waals surface area (Å²) < 4.78 is 49.9. The monoisotopic (exact) mass is 448 g/mol. The van der Waals surface area contributed by atoms with Gasteiger partial charge in [-0.1, -0.05) is 0 Å². The average Bonchev–Trinajstić information content (AvgIpc) is 2.79. The molecule has 0 spiro atoms. The third-order valence-electron chi connectivity index (χ3n) is 4.91. The van der Waals surface area contributed by atoms with Crippen LogP contribution >= 0.6 is 0 Å². The first-order valence-electron chi connectivity index (χ1n) is 9.98. The number of benzene rings is 2.